The molecule has 0 bridgehead atoms. The SMILES string of the molecule is CC(C)[C@@H]1NC(=O)[C@@H](Cc2ccc(OCCCNC(=O)c3ccc(N=[N+]=[Tc])nc3)cc2)NC(=O)[C@H](CC(=O)O)NC(=O)CNC(=O)[C@H](CCCN=C(N)N)NC1=O.COC(=O)C(C)NC(=O)c1ccncc1.O=C(O)C[N-]C(CO)(CO)CO. The maximum absolute atomic E-state index is 13.8. The second-order valence-electron chi connectivity index (χ2n) is 18.5. The van der Waals surface area contributed by atoms with Gasteiger partial charge in [0.05, 0.1) is 20.1 Å². The molecule has 0 radical (unpaired) electrons. The summed E-state index contributed by atoms with van der Waals surface area (Å²) in [7, 11) is 1.28. The molecule has 1 aromatic carbocycles. The number of carboxylic acid groups (broad SMARTS) is 2. The van der Waals surface area contributed by atoms with Crippen LogP contribution in [0.25, 0.3) is 5.32 Å². The number of carbonyl (C=O) groups excluding carboxylic acids is 8. The number of carboxylic acids is 2. The maximum Gasteiger partial charge on any atom is 0.328 e. The standard InChI is InChI=1S/C35H47N12O9.C10H12N2O3.C6H12NO5.Tc/c1-19(2)29-34(55)44-23(5-3-12-40-35(36)37)31(52)42-18-27(48)43-25(16-28(49)50)32(53)45-24(33(54)46-29)15-20-6-9-22(10-7-20)56-14-4-13-39-30(51)21-8-11-26(47-38)41-17-21;1-7(10(14)15-2)12-9(13)8-3-5-11-6-4-8;8-2-6(3-9,4-10)7-1-5(11)12;/h6-11,17,19,23-25,29H,3-5,12-16,18H2,1-2H3,(H,39,51)(H,42,52)(H,43,48)(H,44,55)(H,45,53)(H,46,54)(H,49,50)(H4,36,37,40);3-7H,1-2H3,(H,12,13);8-10H,1-4H2,(H,11,12);/q-1;;-1;+2/t23-,24+,25-,29-;;;/m0.../s1. The summed E-state index contributed by atoms with van der Waals surface area (Å²) in [5.41, 5.74) is 10.7. The number of hydrogen-bond donors (Lipinski definition) is 14. The van der Waals surface area contributed by atoms with Crippen molar-refractivity contribution in [1.82, 2.24) is 50.6 Å². The van der Waals surface area contributed by atoms with E-state index in [0.29, 0.717) is 41.2 Å². The third-order valence-corrected chi connectivity index (χ3v) is 11.8. The van der Waals surface area contributed by atoms with Crippen molar-refractivity contribution in [3.63, 3.8) is 0 Å². The predicted molar refractivity (Wildman–Crippen MR) is 292 cm³/mol. The Morgan fingerprint density at radius 1 is 0.810 bits per heavy atom. The minimum Gasteiger partial charge on any atom is -0.642 e. The van der Waals surface area contributed by atoms with E-state index in [4.69, 9.17) is 36.6 Å². The van der Waals surface area contributed by atoms with Gasteiger partial charge in [-0.3, -0.25) is 48.3 Å². The van der Waals surface area contributed by atoms with Gasteiger partial charge in [-0.15, -0.1) is 0 Å². The Morgan fingerprint density at radius 2 is 1.45 bits per heavy atom. The fraction of sp³-hybridized carbons (Fsp3) is 0.471. The molecular formula is C51H71N15O17Tc. The number of aliphatic hydroxyl groups excluding tert-OH is 3. The van der Waals surface area contributed by atoms with Gasteiger partial charge in [0.15, 0.2) is 5.96 Å². The Kier molecular flexibility index (Phi) is 32.4. The number of esters is 1. The molecule has 2 aromatic heterocycles. The molecule has 7 amide bonds. The number of amides is 7. The summed E-state index contributed by atoms with van der Waals surface area (Å²) >= 11 is 1.73. The summed E-state index contributed by atoms with van der Waals surface area (Å²) in [5, 5.41) is 68.8. The third kappa shape index (κ3) is 26.9. The number of aromatic nitrogens is 2. The van der Waals surface area contributed by atoms with Crippen LogP contribution < -0.4 is 56.8 Å². The van der Waals surface area contributed by atoms with Gasteiger partial charge in [0.25, 0.3) is 11.9 Å². The minimum atomic E-state index is -1.61. The van der Waals surface area contributed by atoms with Crippen LogP contribution in [-0.4, -0.2) is 196 Å². The number of carbonyl (C=O) groups is 10. The monoisotopic (exact) mass is 1260 g/mol. The van der Waals surface area contributed by atoms with E-state index in [1.54, 1.807) is 88.0 Å². The molecule has 0 saturated carbocycles. The Hall–Kier alpha value is -8.71. The smallest absolute Gasteiger partial charge is 0.328 e. The van der Waals surface area contributed by atoms with Crippen molar-refractivity contribution >= 4 is 71.0 Å². The molecule has 4 rings (SSSR count). The minimum absolute atomic E-state index is 0.0656. The van der Waals surface area contributed by atoms with Crippen LogP contribution in [-0.2, 0) is 68.2 Å². The normalized spacial score (nSPS) is 16.7. The Balaban J connectivity index is 0.000000724. The number of aliphatic carboxylic acids is 2. The summed E-state index contributed by atoms with van der Waals surface area (Å²) in [5.74, 6) is -7.52. The van der Waals surface area contributed by atoms with Crippen LogP contribution in [0.1, 0.15) is 72.7 Å². The zero-order valence-electron chi connectivity index (χ0n) is 46.4. The second kappa shape index (κ2) is 38.1. The van der Waals surface area contributed by atoms with E-state index in [1.165, 1.54) is 25.7 Å². The van der Waals surface area contributed by atoms with Crippen molar-refractivity contribution < 1.29 is 102 Å². The molecule has 16 N–H and O–H groups in total. The number of ether oxygens (including phenoxy) is 2. The van der Waals surface area contributed by atoms with Crippen molar-refractivity contribution in [3.05, 3.63) is 89.1 Å². The molecule has 5 atom stereocenters. The van der Waals surface area contributed by atoms with Crippen molar-refractivity contribution in [2.45, 2.75) is 88.6 Å². The summed E-state index contributed by atoms with van der Waals surface area (Å²) < 4.78 is 13.9. The van der Waals surface area contributed by atoms with E-state index in [1.807, 2.05) is 0 Å². The number of methoxy groups -OCH3 is 1. The number of nitrogens with zero attached hydrogens (tertiary/aromatic N) is 6. The van der Waals surface area contributed by atoms with Crippen LogP contribution >= 0.6 is 0 Å². The van der Waals surface area contributed by atoms with Crippen molar-refractivity contribution in [3.8, 4) is 5.75 Å². The molecule has 0 aliphatic carbocycles. The van der Waals surface area contributed by atoms with Crippen LogP contribution in [0.5, 0.6) is 5.75 Å². The molecule has 459 valence electrons. The molecule has 1 saturated heterocycles. The quantitative estimate of drug-likeness (QED) is 0.00977. The number of guanidine groups is 1. The van der Waals surface area contributed by atoms with Gasteiger partial charge >= 0.3 is 114 Å². The maximum atomic E-state index is 13.8. The van der Waals surface area contributed by atoms with Gasteiger partial charge in [-0.1, -0.05) is 31.5 Å². The number of hydrogen-bond acceptors (Lipinski definition) is 19. The van der Waals surface area contributed by atoms with E-state index < -0.39 is 128 Å². The zero-order valence-corrected chi connectivity index (χ0v) is 48.2. The van der Waals surface area contributed by atoms with Gasteiger partial charge < -0.3 is 79.0 Å². The molecule has 1 aliphatic rings. The summed E-state index contributed by atoms with van der Waals surface area (Å²) in [6.45, 7) is 2.75. The Bertz CT molecular complexity index is 2740. The van der Waals surface area contributed by atoms with E-state index in [9.17, 15) is 53.1 Å². The number of aliphatic imine (C=N–C) groups is 1. The number of pyridine rings is 2. The van der Waals surface area contributed by atoms with Crippen LogP contribution in [0.15, 0.2) is 77.2 Å². The van der Waals surface area contributed by atoms with E-state index in [-0.39, 0.29) is 50.2 Å². The molecular weight excluding hydrogens is 1190 g/mol. The van der Waals surface area contributed by atoms with Crippen LogP contribution in [0.2, 0.25) is 0 Å². The summed E-state index contributed by atoms with van der Waals surface area (Å²) in [6, 6.07) is 6.99. The van der Waals surface area contributed by atoms with Crippen LogP contribution in [0, 0.1) is 5.92 Å². The van der Waals surface area contributed by atoms with Gasteiger partial charge in [0.2, 0.25) is 29.5 Å². The van der Waals surface area contributed by atoms with Gasteiger partial charge in [0.1, 0.15) is 36.0 Å². The first kappa shape index (κ1) is 71.4. The molecule has 1 fully saturated rings. The van der Waals surface area contributed by atoms with Crippen molar-refractivity contribution in [1.29, 1.82) is 0 Å². The first-order valence-electron chi connectivity index (χ1n) is 25.7. The number of rotatable bonds is 25. The van der Waals surface area contributed by atoms with Gasteiger partial charge in [-0.05, 0) is 62.1 Å². The first-order chi connectivity index (χ1) is 39.9. The summed E-state index contributed by atoms with van der Waals surface area (Å²) in [6.07, 6.45) is 4.32. The molecule has 3 aromatic rings. The molecule has 84 heavy (non-hydrogen) atoms. The summed E-state index contributed by atoms with van der Waals surface area (Å²) in [4.78, 5) is 135. The Morgan fingerprint density at radius 3 is 2.01 bits per heavy atom. The van der Waals surface area contributed by atoms with Gasteiger partial charge in [-0.2, -0.15) is 0 Å². The molecule has 1 aliphatic heterocycles. The number of aliphatic hydroxyl groups is 3. The van der Waals surface area contributed by atoms with Gasteiger partial charge in [-0.25, -0.2) is 4.79 Å². The number of benzene rings is 1. The van der Waals surface area contributed by atoms with Crippen molar-refractivity contribution in [2.24, 2.45) is 27.5 Å². The van der Waals surface area contributed by atoms with E-state index in [0.717, 1.165) is 0 Å². The molecule has 32 nitrogen and oxygen atoms in total. The number of nitrogens with two attached hydrogens (primary N) is 2. The average molecular weight is 1260 g/mol. The van der Waals surface area contributed by atoms with Gasteiger partial charge in [0, 0.05) is 50.7 Å². The van der Waals surface area contributed by atoms with Crippen LogP contribution in [0.3, 0.4) is 0 Å². The average Bonchev–Trinajstić information content (AvgIpc) is 3.73. The van der Waals surface area contributed by atoms with E-state index in [2.05, 4.69) is 70.8 Å². The topological polar surface area (TPSA) is 505 Å². The van der Waals surface area contributed by atoms with Crippen LogP contribution in [0.4, 0.5) is 5.82 Å². The molecule has 1 unspecified atom stereocenters. The number of nitrogens with one attached hydrogen (secondary N) is 7. The molecule has 3 heterocycles. The Labute approximate surface area is 492 Å². The largest absolute Gasteiger partial charge is 0.642 e. The molecule has 33 heteroatoms. The van der Waals surface area contributed by atoms with Crippen molar-refractivity contribution in [2.75, 3.05) is 59.7 Å². The zero-order chi connectivity index (χ0) is 62.8. The third-order valence-electron chi connectivity index (χ3n) is 11.6. The fourth-order valence-corrected chi connectivity index (χ4v) is 7.11. The predicted octanol–water partition coefficient (Wildman–Crippen LogP) is -3.51. The van der Waals surface area contributed by atoms with E-state index >= 15 is 0 Å². The fourth-order valence-electron chi connectivity index (χ4n) is 6.92. The molecule has 0 spiro atoms. The first-order valence-corrected chi connectivity index (χ1v) is 26.5. The second-order valence-corrected chi connectivity index (χ2v) is 18.9.